The summed E-state index contributed by atoms with van der Waals surface area (Å²) in [5, 5.41) is -2.04. The molecular formula is C20H23NO8S. The molecule has 2 aliphatic rings. The largest absolute Gasteiger partial charge is 0.465 e. The average Bonchev–Trinajstić information content (AvgIpc) is 3.02. The maximum absolute atomic E-state index is 13.0. The van der Waals surface area contributed by atoms with Gasteiger partial charge in [0.1, 0.15) is 16.6 Å². The van der Waals surface area contributed by atoms with Crippen LogP contribution in [0.2, 0.25) is 0 Å². The number of hydrogen-bond acceptors (Lipinski definition) is 8. The molecule has 30 heavy (non-hydrogen) atoms. The molecule has 0 bridgehead atoms. The van der Waals surface area contributed by atoms with E-state index in [4.69, 9.17) is 4.74 Å². The summed E-state index contributed by atoms with van der Waals surface area (Å²) in [5.41, 5.74) is -0.0443. The van der Waals surface area contributed by atoms with Gasteiger partial charge in [-0.2, -0.15) is 0 Å². The van der Waals surface area contributed by atoms with Gasteiger partial charge in [0.05, 0.1) is 24.5 Å². The van der Waals surface area contributed by atoms with Gasteiger partial charge in [-0.25, -0.2) is 18.1 Å². The third-order valence-electron chi connectivity index (χ3n) is 5.40. The number of ether oxygens (including phenoxy) is 2. The lowest BCUT2D eigenvalue weighted by Crippen LogP contribution is -2.40. The smallest absolute Gasteiger partial charge is 0.341 e. The first-order chi connectivity index (χ1) is 14.2. The van der Waals surface area contributed by atoms with Crippen LogP contribution in [0, 0.1) is 0 Å². The van der Waals surface area contributed by atoms with Gasteiger partial charge in [0.25, 0.3) is 5.91 Å². The predicted molar refractivity (Wildman–Crippen MR) is 106 cm³/mol. The van der Waals surface area contributed by atoms with Gasteiger partial charge in [0.15, 0.2) is 9.84 Å². The van der Waals surface area contributed by atoms with E-state index in [0.29, 0.717) is 12.8 Å². The van der Waals surface area contributed by atoms with Crippen molar-refractivity contribution in [2.45, 2.75) is 55.9 Å². The minimum absolute atomic E-state index is 0.0234. The molecular weight excluding hydrogens is 414 g/mol. The summed E-state index contributed by atoms with van der Waals surface area (Å²) in [6, 6.07) is 3.74. The van der Waals surface area contributed by atoms with Gasteiger partial charge in [-0.05, 0) is 25.0 Å². The molecule has 1 aromatic carbocycles. The Balaban J connectivity index is 1.94. The Hall–Kier alpha value is -2.75. The summed E-state index contributed by atoms with van der Waals surface area (Å²) >= 11 is 0. The van der Waals surface area contributed by atoms with E-state index in [-0.39, 0.29) is 17.0 Å². The van der Waals surface area contributed by atoms with Crippen LogP contribution in [0.25, 0.3) is 0 Å². The van der Waals surface area contributed by atoms with Gasteiger partial charge < -0.3 is 9.47 Å². The van der Waals surface area contributed by atoms with Gasteiger partial charge in [0.2, 0.25) is 5.91 Å². The first-order valence-electron chi connectivity index (χ1n) is 9.67. The molecule has 0 radical (unpaired) electrons. The molecule has 1 aliphatic heterocycles. The van der Waals surface area contributed by atoms with Gasteiger partial charge in [-0.3, -0.25) is 14.4 Å². The summed E-state index contributed by atoms with van der Waals surface area (Å²) in [6.07, 6.45) is 3.07. The summed E-state index contributed by atoms with van der Waals surface area (Å²) < 4.78 is 35.6. The number of sulfone groups is 1. The second-order valence-corrected chi connectivity index (χ2v) is 9.79. The highest BCUT2D eigenvalue weighted by Crippen LogP contribution is 2.35. The molecule has 1 unspecified atom stereocenters. The first kappa shape index (κ1) is 21.9. The molecule has 1 atom stereocenters. The number of amides is 2. The highest BCUT2D eigenvalue weighted by atomic mass is 32.2. The zero-order valence-corrected chi connectivity index (χ0v) is 17.6. The zero-order valence-electron chi connectivity index (χ0n) is 16.8. The fourth-order valence-corrected chi connectivity index (χ4v) is 6.14. The van der Waals surface area contributed by atoms with Crippen LogP contribution in [0.4, 0.5) is 5.69 Å². The molecule has 3 rings (SSSR count). The molecule has 162 valence electrons. The van der Waals surface area contributed by atoms with Crippen molar-refractivity contribution >= 4 is 39.3 Å². The maximum Gasteiger partial charge on any atom is 0.341 e. The Bertz CT molecular complexity index is 994. The van der Waals surface area contributed by atoms with Crippen LogP contribution in [0.1, 0.15) is 55.8 Å². The number of carbonyl (C=O) groups excluding carboxylic acids is 4. The van der Waals surface area contributed by atoms with Crippen molar-refractivity contribution in [2.24, 2.45) is 0 Å². The number of esters is 2. The molecule has 0 spiro atoms. The summed E-state index contributed by atoms with van der Waals surface area (Å²) in [4.78, 5) is 49.6. The predicted octanol–water partition coefficient (Wildman–Crippen LogP) is 1.78. The second kappa shape index (κ2) is 8.55. The second-order valence-electron chi connectivity index (χ2n) is 7.37. The lowest BCUT2D eigenvalue weighted by Gasteiger charge is -2.24. The number of carbonyl (C=O) groups is 4. The summed E-state index contributed by atoms with van der Waals surface area (Å²) in [7, 11) is -2.66. The summed E-state index contributed by atoms with van der Waals surface area (Å²) in [6.45, 7) is 1.13. The van der Waals surface area contributed by atoms with Crippen molar-refractivity contribution in [2.75, 3.05) is 12.0 Å². The zero-order chi connectivity index (χ0) is 22.1. The fourth-order valence-electron chi connectivity index (χ4n) is 3.93. The number of nitrogens with zero attached hydrogens (tertiary/aromatic N) is 1. The highest BCUT2D eigenvalue weighted by Gasteiger charge is 2.49. The Morgan fingerprint density at radius 1 is 1.10 bits per heavy atom. The molecule has 1 aromatic rings. The van der Waals surface area contributed by atoms with E-state index in [1.807, 2.05) is 0 Å². The van der Waals surface area contributed by atoms with Crippen LogP contribution < -0.4 is 9.64 Å². The standard InChI is InChI=1S/C20H23NO8S/c1-12(22)29-16-10-13(8-9-15(16)20(25)28-2)21-18(23)11-17(19(21)24)30(26,27)14-6-4-3-5-7-14/h8-10,14,17H,3-7,11H2,1-2H3. The highest BCUT2D eigenvalue weighted by molar-refractivity contribution is 7.93. The van der Waals surface area contributed by atoms with Crippen molar-refractivity contribution in [1.82, 2.24) is 0 Å². The Labute approximate surface area is 174 Å². The first-order valence-corrected chi connectivity index (χ1v) is 11.3. The van der Waals surface area contributed by atoms with Crippen LogP contribution in [0.5, 0.6) is 5.75 Å². The molecule has 1 heterocycles. The number of hydrogen-bond donors (Lipinski definition) is 0. The van der Waals surface area contributed by atoms with Crippen molar-refractivity contribution in [3.8, 4) is 5.75 Å². The third kappa shape index (κ3) is 4.09. The third-order valence-corrected chi connectivity index (χ3v) is 7.96. The number of benzene rings is 1. The Morgan fingerprint density at radius 3 is 2.37 bits per heavy atom. The molecule has 9 nitrogen and oxygen atoms in total. The van der Waals surface area contributed by atoms with Crippen LogP contribution in [0.3, 0.4) is 0 Å². The van der Waals surface area contributed by atoms with E-state index in [1.54, 1.807) is 0 Å². The van der Waals surface area contributed by atoms with Crippen molar-refractivity contribution < 1.29 is 37.1 Å². The van der Waals surface area contributed by atoms with Gasteiger partial charge in [-0.1, -0.05) is 19.3 Å². The molecule has 2 fully saturated rings. The number of anilines is 1. The van der Waals surface area contributed by atoms with E-state index in [0.717, 1.165) is 38.2 Å². The van der Waals surface area contributed by atoms with Crippen LogP contribution in [-0.4, -0.2) is 49.8 Å². The van der Waals surface area contributed by atoms with E-state index < -0.39 is 50.5 Å². The monoisotopic (exact) mass is 437 g/mol. The SMILES string of the molecule is COC(=O)c1ccc(N2C(=O)CC(S(=O)(=O)C3CCCCC3)C2=O)cc1OC(C)=O. The summed E-state index contributed by atoms with van der Waals surface area (Å²) in [5.74, 6) is -3.16. The Kier molecular flexibility index (Phi) is 6.25. The van der Waals surface area contributed by atoms with Gasteiger partial charge in [0, 0.05) is 13.0 Å². The lowest BCUT2D eigenvalue weighted by molar-refractivity contribution is -0.132. The molecule has 0 aromatic heterocycles. The van der Waals surface area contributed by atoms with Gasteiger partial charge in [-0.15, -0.1) is 0 Å². The minimum atomic E-state index is -3.81. The van der Waals surface area contributed by atoms with E-state index in [9.17, 15) is 27.6 Å². The topological polar surface area (TPSA) is 124 Å². The number of rotatable bonds is 5. The van der Waals surface area contributed by atoms with Crippen molar-refractivity contribution in [3.63, 3.8) is 0 Å². The van der Waals surface area contributed by atoms with Crippen LogP contribution in [0.15, 0.2) is 18.2 Å². The Morgan fingerprint density at radius 2 is 1.77 bits per heavy atom. The lowest BCUT2D eigenvalue weighted by atomic mass is 10.0. The molecule has 10 heteroatoms. The van der Waals surface area contributed by atoms with Crippen molar-refractivity contribution in [3.05, 3.63) is 23.8 Å². The average molecular weight is 437 g/mol. The normalized spacial score (nSPS) is 20.3. The quantitative estimate of drug-likeness (QED) is 0.388. The number of methoxy groups -OCH3 is 1. The fraction of sp³-hybridized carbons (Fsp3) is 0.500. The van der Waals surface area contributed by atoms with Crippen LogP contribution in [-0.2, 0) is 29.0 Å². The molecule has 1 aliphatic carbocycles. The van der Waals surface area contributed by atoms with Gasteiger partial charge >= 0.3 is 11.9 Å². The minimum Gasteiger partial charge on any atom is -0.465 e. The van der Waals surface area contributed by atoms with Crippen molar-refractivity contribution in [1.29, 1.82) is 0 Å². The molecule has 1 saturated carbocycles. The number of imide groups is 1. The van der Waals surface area contributed by atoms with E-state index in [1.165, 1.54) is 18.2 Å². The molecule has 1 saturated heterocycles. The molecule has 2 amide bonds. The maximum atomic E-state index is 13.0. The van der Waals surface area contributed by atoms with E-state index in [2.05, 4.69) is 4.74 Å². The van der Waals surface area contributed by atoms with Crippen LogP contribution >= 0.6 is 0 Å². The molecule has 0 N–H and O–H groups in total. The van der Waals surface area contributed by atoms with E-state index >= 15 is 0 Å².